The molecule has 0 atom stereocenters. The maximum absolute atomic E-state index is 13.6. The lowest BCUT2D eigenvalue weighted by Gasteiger charge is -2.16. The molecule has 22 heavy (non-hydrogen) atoms. The van der Waals surface area contributed by atoms with Crippen LogP contribution in [0.3, 0.4) is 0 Å². The van der Waals surface area contributed by atoms with E-state index in [9.17, 15) is 9.18 Å². The van der Waals surface area contributed by atoms with Crippen LogP contribution in [0.25, 0.3) is 27.5 Å². The van der Waals surface area contributed by atoms with E-state index >= 15 is 0 Å². The third-order valence-corrected chi connectivity index (χ3v) is 4.08. The summed E-state index contributed by atoms with van der Waals surface area (Å²) in [6, 6.07) is 8.02. The number of rotatable bonds is 1. The molecule has 1 aromatic heterocycles. The molecule has 1 heterocycles. The van der Waals surface area contributed by atoms with Gasteiger partial charge in [-0.05, 0) is 41.5 Å². The molecule has 0 unspecified atom stereocenters. The van der Waals surface area contributed by atoms with Crippen molar-refractivity contribution in [3.63, 3.8) is 0 Å². The molecule has 3 nitrogen and oxygen atoms in total. The second kappa shape index (κ2) is 4.70. The van der Waals surface area contributed by atoms with Gasteiger partial charge in [-0.1, -0.05) is 12.1 Å². The Morgan fingerprint density at radius 2 is 2.05 bits per heavy atom. The van der Waals surface area contributed by atoms with Crippen LogP contribution >= 0.6 is 0 Å². The lowest BCUT2D eigenvalue weighted by Crippen LogP contribution is -2.16. The topological polar surface area (TPSA) is 39.4 Å². The van der Waals surface area contributed by atoms with E-state index in [1.165, 1.54) is 19.2 Å². The number of aryl methyl sites for hydroxylation is 1. The number of hydrogen-bond donors (Lipinski definition) is 0. The number of benzene rings is 2. The summed E-state index contributed by atoms with van der Waals surface area (Å²) in [5.41, 5.74) is 0.775. The maximum Gasteiger partial charge on any atom is 0.204 e. The largest absolute Gasteiger partial charge is 0.496 e. The molecule has 0 saturated carbocycles. The van der Waals surface area contributed by atoms with Crippen molar-refractivity contribution in [2.45, 2.75) is 12.8 Å². The van der Waals surface area contributed by atoms with Crippen LogP contribution in [0.2, 0.25) is 0 Å². The molecule has 0 aliphatic heterocycles. The summed E-state index contributed by atoms with van der Waals surface area (Å²) in [5, 5.41) is 1.77. The molecule has 4 heteroatoms. The average molecular weight is 296 g/mol. The number of halogens is 1. The Balaban J connectivity index is 2.21. The lowest BCUT2D eigenvalue weighted by molar-refractivity contribution is 0.361. The van der Waals surface area contributed by atoms with Crippen LogP contribution < -0.4 is 5.43 Å². The molecule has 3 aromatic rings. The molecule has 0 fully saturated rings. The molecule has 0 spiro atoms. The second-order valence-electron chi connectivity index (χ2n) is 5.34. The van der Waals surface area contributed by atoms with E-state index in [4.69, 9.17) is 9.15 Å². The highest BCUT2D eigenvalue weighted by Crippen LogP contribution is 2.30. The van der Waals surface area contributed by atoms with E-state index in [1.54, 1.807) is 12.1 Å². The number of allylic oxidation sites excluding steroid dienone is 1. The van der Waals surface area contributed by atoms with Crippen LogP contribution in [0.4, 0.5) is 4.39 Å². The third-order valence-electron chi connectivity index (χ3n) is 4.08. The Labute approximate surface area is 125 Å². The molecule has 1 aliphatic carbocycles. The van der Waals surface area contributed by atoms with Gasteiger partial charge in [0.05, 0.1) is 12.5 Å². The van der Waals surface area contributed by atoms with E-state index in [0.29, 0.717) is 39.9 Å². The predicted molar refractivity (Wildman–Crippen MR) is 83.3 cm³/mol. The van der Waals surface area contributed by atoms with Gasteiger partial charge in [0.15, 0.2) is 0 Å². The average Bonchev–Trinajstić information content (AvgIpc) is 2.53. The quantitative estimate of drug-likeness (QED) is 0.637. The SMILES string of the molecule is COC1=CCCc2oc3ccc4ccc(F)cc4c3c(=O)c21. The minimum Gasteiger partial charge on any atom is -0.496 e. The van der Waals surface area contributed by atoms with E-state index in [2.05, 4.69) is 0 Å². The lowest BCUT2D eigenvalue weighted by atomic mass is 9.97. The maximum atomic E-state index is 13.6. The fourth-order valence-electron chi connectivity index (χ4n) is 3.07. The Morgan fingerprint density at radius 3 is 2.86 bits per heavy atom. The summed E-state index contributed by atoms with van der Waals surface area (Å²) >= 11 is 0. The Hall–Kier alpha value is -2.62. The monoisotopic (exact) mass is 296 g/mol. The summed E-state index contributed by atoms with van der Waals surface area (Å²) in [5.74, 6) is 0.789. The summed E-state index contributed by atoms with van der Waals surface area (Å²) in [6.45, 7) is 0. The van der Waals surface area contributed by atoms with Crippen molar-refractivity contribution in [1.82, 2.24) is 0 Å². The number of fused-ring (bicyclic) bond motifs is 4. The molecule has 0 radical (unpaired) electrons. The highest BCUT2D eigenvalue weighted by molar-refractivity contribution is 6.06. The third kappa shape index (κ3) is 1.77. The van der Waals surface area contributed by atoms with Gasteiger partial charge in [0.2, 0.25) is 5.43 Å². The van der Waals surface area contributed by atoms with Gasteiger partial charge in [-0.15, -0.1) is 0 Å². The first-order valence-corrected chi connectivity index (χ1v) is 7.11. The van der Waals surface area contributed by atoms with Crippen molar-refractivity contribution < 1.29 is 13.5 Å². The Kier molecular flexibility index (Phi) is 2.79. The molecular formula is C18H13FO3. The van der Waals surface area contributed by atoms with Crippen molar-refractivity contribution in [3.8, 4) is 0 Å². The van der Waals surface area contributed by atoms with Crippen LogP contribution in [0.1, 0.15) is 17.7 Å². The minimum atomic E-state index is -0.375. The van der Waals surface area contributed by atoms with Crippen LogP contribution in [-0.4, -0.2) is 7.11 Å². The summed E-state index contributed by atoms with van der Waals surface area (Å²) < 4.78 is 24.8. The van der Waals surface area contributed by atoms with Crippen LogP contribution in [0, 0.1) is 5.82 Å². The summed E-state index contributed by atoms with van der Waals surface area (Å²) in [4.78, 5) is 13.0. The van der Waals surface area contributed by atoms with E-state index in [-0.39, 0.29) is 11.2 Å². The first-order chi connectivity index (χ1) is 10.7. The normalized spacial score (nSPS) is 14.0. The van der Waals surface area contributed by atoms with E-state index in [0.717, 1.165) is 11.8 Å². The fourth-order valence-corrected chi connectivity index (χ4v) is 3.07. The van der Waals surface area contributed by atoms with Crippen molar-refractivity contribution >= 4 is 27.5 Å². The summed E-state index contributed by atoms with van der Waals surface area (Å²) in [6.07, 6.45) is 3.32. The van der Waals surface area contributed by atoms with Gasteiger partial charge < -0.3 is 9.15 Å². The van der Waals surface area contributed by atoms with Gasteiger partial charge in [0, 0.05) is 6.42 Å². The molecule has 4 rings (SSSR count). The predicted octanol–water partition coefficient (Wildman–Crippen LogP) is 4.02. The number of methoxy groups -OCH3 is 1. The highest BCUT2D eigenvalue weighted by Gasteiger charge is 2.22. The number of hydrogen-bond acceptors (Lipinski definition) is 3. The Morgan fingerprint density at radius 1 is 1.23 bits per heavy atom. The van der Waals surface area contributed by atoms with Crippen molar-refractivity contribution in [2.24, 2.45) is 0 Å². The number of ether oxygens (including phenoxy) is 1. The van der Waals surface area contributed by atoms with Crippen LogP contribution in [-0.2, 0) is 11.2 Å². The van der Waals surface area contributed by atoms with E-state index < -0.39 is 0 Å². The highest BCUT2D eigenvalue weighted by atomic mass is 19.1. The van der Waals surface area contributed by atoms with E-state index in [1.807, 2.05) is 12.1 Å². The smallest absolute Gasteiger partial charge is 0.204 e. The first kappa shape index (κ1) is 13.1. The minimum absolute atomic E-state index is 0.166. The first-order valence-electron chi connectivity index (χ1n) is 7.11. The molecule has 0 bridgehead atoms. The van der Waals surface area contributed by atoms with Crippen molar-refractivity contribution in [2.75, 3.05) is 7.11 Å². The van der Waals surface area contributed by atoms with Gasteiger partial charge in [0.25, 0.3) is 0 Å². The zero-order valence-electron chi connectivity index (χ0n) is 12.0. The zero-order valence-corrected chi connectivity index (χ0v) is 12.0. The molecule has 0 amide bonds. The molecular weight excluding hydrogens is 283 g/mol. The molecule has 0 N–H and O–H groups in total. The van der Waals surface area contributed by atoms with Gasteiger partial charge in [0.1, 0.15) is 28.5 Å². The molecule has 110 valence electrons. The molecule has 0 saturated heterocycles. The zero-order chi connectivity index (χ0) is 15.3. The van der Waals surface area contributed by atoms with Crippen LogP contribution in [0.5, 0.6) is 0 Å². The van der Waals surface area contributed by atoms with Crippen molar-refractivity contribution in [1.29, 1.82) is 0 Å². The standard InChI is InChI=1S/C18H13FO3/c1-21-13-3-2-4-14-17(13)18(20)16-12-9-11(19)7-5-10(12)6-8-15(16)22-14/h3,5-9H,2,4H2,1H3. The van der Waals surface area contributed by atoms with Crippen LogP contribution in [0.15, 0.2) is 45.6 Å². The second-order valence-corrected chi connectivity index (χ2v) is 5.34. The van der Waals surface area contributed by atoms with Gasteiger partial charge in [-0.2, -0.15) is 0 Å². The molecule has 1 aliphatic rings. The van der Waals surface area contributed by atoms with Gasteiger partial charge in [-0.3, -0.25) is 4.79 Å². The Bertz CT molecular complexity index is 999. The van der Waals surface area contributed by atoms with Gasteiger partial charge >= 0.3 is 0 Å². The summed E-state index contributed by atoms with van der Waals surface area (Å²) in [7, 11) is 1.54. The van der Waals surface area contributed by atoms with Gasteiger partial charge in [-0.25, -0.2) is 4.39 Å². The fraction of sp³-hybridized carbons (Fsp3) is 0.167. The van der Waals surface area contributed by atoms with Crippen molar-refractivity contribution in [3.05, 3.63) is 63.8 Å². The molecule has 2 aromatic carbocycles.